The number of aromatic nitrogens is 1. The van der Waals surface area contributed by atoms with Crippen molar-refractivity contribution in [3.8, 4) is 0 Å². The molecule has 0 bridgehead atoms. The summed E-state index contributed by atoms with van der Waals surface area (Å²) in [6, 6.07) is 3.38. The molecule has 6 heteroatoms. The molecule has 0 saturated heterocycles. The van der Waals surface area contributed by atoms with Gasteiger partial charge in [-0.3, -0.25) is 4.79 Å². The third-order valence-electron chi connectivity index (χ3n) is 2.15. The molecular weight excluding hydrogens is 237 g/mol. The molecular formula is C9H11Cl2N3O. The lowest BCUT2D eigenvalue weighted by Crippen LogP contribution is -2.29. The number of nitrogens with two attached hydrogens (primary N) is 1. The van der Waals surface area contributed by atoms with E-state index in [0.29, 0.717) is 10.7 Å². The summed E-state index contributed by atoms with van der Waals surface area (Å²) >= 11 is 5.65. The Bertz CT molecular complexity index is 372. The Kier molecular flexibility index (Phi) is 3.90. The van der Waals surface area contributed by atoms with Crippen molar-refractivity contribution in [2.75, 3.05) is 0 Å². The van der Waals surface area contributed by atoms with Crippen LogP contribution in [0.2, 0.25) is 5.15 Å². The zero-order chi connectivity index (χ0) is 10.1. The number of nitrogens with one attached hydrogen (secondary N) is 1. The summed E-state index contributed by atoms with van der Waals surface area (Å²) in [4.78, 5) is 15.3. The average molecular weight is 248 g/mol. The van der Waals surface area contributed by atoms with E-state index in [1.54, 1.807) is 6.07 Å². The van der Waals surface area contributed by atoms with E-state index in [1.165, 1.54) is 12.3 Å². The number of hydrogen-bond acceptors (Lipinski definition) is 3. The van der Waals surface area contributed by atoms with Crippen LogP contribution >= 0.6 is 24.0 Å². The van der Waals surface area contributed by atoms with Crippen LogP contribution in [0.4, 0.5) is 0 Å². The molecule has 2 rings (SSSR count). The maximum Gasteiger partial charge on any atom is 0.251 e. The summed E-state index contributed by atoms with van der Waals surface area (Å²) in [6.07, 6.45) is 2.36. The Morgan fingerprint density at radius 1 is 1.67 bits per heavy atom. The summed E-state index contributed by atoms with van der Waals surface area (Å²) in [5.41, 5.74) is 6.09. The van der Waals surface area contributed by atoms with Crippen molar-refractivity contribution in [2.24, 2.45) is 5.73 Å². The first-order valence-corrected chi connectivity index (χ1v) is 4.72. The molecule has 1 aromatic heterocycles. The minimum atomic E-state index is -0.146. The first-order valence-electron chi connectivity index (χ1n) is 4.35. The average Bonchev–Trinajstić information content (AvgIpc) is 2.81. The van der Waals surface area contributed by atoms with E-state index in [2.05, 4.69) is 10.3 Å². The molecule has 1 saturated carbocycles. The lowest BCUT2D eigenvalue weighted by molar-refractivity contribution is 0.0950. The molecule has 2 unspecified atom stereocenters. The van der Waals surface area contributed by atoms with Crippen LogP contribution < -0.4 is 11.1 Å². The fraction of sp³-hybridized carbons (Fsp3) is 0.333. The smallest absolute Gasteiger partial charge is 0.251 e. The number of halogens is 2. The summed E-state index contributed by atoms with van der Waals surface area (Å²) in [7, 11) is 0. The van der Waals surface area contributed by atoms with Crippen LogP contribution in [0.1, 0.15) is 16.8 Å². The van der Waals surface area contributed by atoms with Gasteiger partial charge >= 0.3 is 0 Å². The maximum atomic E-state index is 11.5. The van der Waals surface area contributed by atoms with E-state index in [4.69, 9.17) is 17.3 Å². The van der Waals surface area contributed by atoms with Gasteiger partial charge in [0.25, 0.3) is 5.91 Å². The fourth-order valence-electron chi connectivity index (χ4n) is 1.18. The van der Waals surface area contributed by atoms with Crippen LogP contribution in [0.25, 0.3) is 0 Å². The second kappa shape index (κ2) is 4.79. The number of amides is 1. The first kappa shape index (κ1) is 12.2. The number of carbonyl (C=O) groups excluding carboxylic acids is 1. The minimum absolute atomic E-state index is 0. The molecule has 1 aliphatic rings. The third kappa shape index (κ3) is 3.06. The monoisotopic (exact) mass is 247 g/mol. The molecule has 1 heterocycles. The summed E-state index contributed by atoms with van der Waals surface area (Å²) < 4.78 is 0. The standard InChI is InChI=1S/C9H10ClN3O.ClH/c10-8-3-5(1-2-12-8)9(14)13-7-4-6(7)11;/h1-3,6-7H,4,11H2,(H,13,14);1H. The second-order valence-corrected chi connectivity index (χ2v) is 3.73. The van der Waals surface area contributed by atoms with Crippen LogP contribution in [0.5, 0.6) is 0 Å². The molecule has 2 atom stereocenters. The van der Waals surface area contributed by atoms with Crippen LogP contribution in [-0.4, -0.2) is 23.0 Å². The van der Waals surface area contributed by atoms with Gasteiger partial charge < -0.3 is 11.1 Å². The Balaban J connectivity index is 0.00000112. The first-order chi connectivity index (χ1) is 6.66. The molecule has 1 amide bonds. The SMILES string of the molecule is Cl.NC1CC1NC(=O)c1ccnc(Cl)c1. The van der Waals surface area contributed by atoms with Crippen molar-refractivity contribution in [1.29, 1.82) is 0 Å². The minimum Gasteiger partial charge on any atom is -0.348 e. The van der Waals surface area contributed by atoms with Gasteiger partial charge in [-0.2, -0.15) is 0 Å². The molecule has 0 aromatic carbocycles. The lowest BCUT2D eigenvalue weighted by Gasteiger charge is -2.03. The summed E-state index contributed by atoms with van der Waals surface area (Å²) in [5, 5.41) is 3.11. The molecule has 0 aliphatic heterocycles. The lowest BCUT2D eigenvalue weighted by atomic mass is 10.2. The number of rotatable bonds is 2. The van der Waals surface area contributed by atoms with Gasteiger partial charge in [0.05, 0.1) is 0 Å². The van der Waals surface area contributed by atoms with Gasteiger partial charge in [-0.15, -0.1) is 12.4 Å². The van der Waals surface area contributed by atoms with Crippen LogP contribution in [0.15, 0.2) is 18.3 Å². The van der Waals surface area contributed by atoms with Crippen molar-refractivity contribution in [2.45, 2.75) is 18.5 Å². The number of hydrogen-bond donors (Lipinski definition) is 2. The van der Waals surface area contributed by atoms with Gasteiger partial charge in [0.2, 0.25) is 0 Å². The third-order valence-corrected chi connectivity index (χ3v) is 2.35. The highest BCUT2D eigenvalue weighted by Gasteiger charge is 2.34. The molecule has 0 radical (unpaired) electrons. The predicted molar refractivity (Wildman–Crippen MR) is 60.3 cm³/mol. The molecule has 82 valence electrons. The van der Waals surface area contributed by atoms with Gasteiger partial charge in [-0.1, -0.05) is 11.6 Å². The molecule has 15 heavy (non-hydrogen) atoms. The Hall–Kier alpha value is -0.840. The van der Waals surface area contributed by atoms with E-state index >= 15 is 0 Å². The molecule has 1 aromatic rings. The van der Waals surface area contributed by atoms with Crippen LogP contribution in [0, 0.1) is 0 Å². The quantitative estimate of drug-likeness (QED) is 0.767. The van der Waals surface area contributed by atoms with E-state index in [9.17, 15) is 4.79 Å². The van der Waals surface area contributed by atoms with Gasteiger partial charge in [0.15, 0.2) is 0 Å². The molecule has 1 aliphatic carbocycles. The van der Waals surface area contributed by atoms with E-state index in [-0.39, 0.29) is 30.4 Å². The highest BCUT2D eigenvalue weighted by Crippen LogP contribution is 2.18. The fourth-order valence-corrected chi connectivity index (χ4v) is 1.35. The number of carbonyl (C=O) groups is 1. The van der Waals surface area contributed by atoms with Crippen LogP contribution in [-0.2, 0) is 0 Å². The van der Waals surface area contributed by atoms with Gasteiger partial charge in [-0.25, -0.2) is 4.98 Å². The highest BCUT2D eigenvalue weighted by molar-refractivity contribution is 6.29. The van der Waals surface area contributed by atoms with Crippen molar-refractivity contribution < 1.29 is 4.79 Å². The maximum absolute atomic E-state index is 11.5. The van der Waals surface area contributed by atoms with Crippen molar-refractivity contribution in [3.05, 3.63) is 29.0 Å². The largest absolute Gasteiger partial charge is 0.348 e. The van der Waals surface area contributed by atoms with Crippen molar-refractivity contribution in [3.63, 3.8) is 0 Å². The summed E-state index contributed by atoms with van der Waals surface area (Å²) in [5.74, 6) is -0.146. The topological polar surface area (TPSA) is 68.0 Å². The van der Waals surface area contributed by atoms with Gasteiger partial charge in [-0.05, 0) is 18.6 Å². The predicted octanol–water partition coefficient (Wildman–Crippen LogP) is 0.986. The molecule has 0 spiro atoms. The van der Waals surface area contributed by atoms with E-state index < -0.39 is 0 Å². The highest BCUT2D eigenvalue weighted by atomic mass is 35.5. The zero-order valence-electron chi connectivity index (χ0n) is 7.81. The Morgan fingerprint density at radius 3 is 2.87 bits per heavy atom. The van der Waals surface area contributed by atoms with E-state index in [0.717, 1.165) is 6.42 Å². The van der Waals surface area contributed by atoms with Crippen molar-refractivity contribution >= 4 is 29.9 Å². The van der Waals surface area contributed by atoms with Gasteiger partial charge in [0.1, 0.15) is 5.15 Å². The zero-order valence-corrected chi connectivity index (χ0v) is 9.39. The second-order valence-electron chi connectivity index (χ2n) is 3.35. The normalized spacial score (nSPS) is 22.8. The Morgan fingerprint density at radius 2 is 2.33 bits per heavy atom. The molecule has 1 fully saturated rings. The number of pyridine rings is 1. The molecule has 3 N–H and O–H groups in total. The summed E-state index contributed by atoms with van der Waals surface area (Å²) in [6.45, 7) is 0. The van der Waals surface area contributed by atoms with Crippen LogP contribution in [0.3, 0.4) is 0 Å². The van der Waals surface area contributed by atoms with E-state index in [1.807, 2.05) is 0 Å². The molecule has 4 nitrogen and oxygen atoms in total. The van der Waals surface area contributed by atoms with Crippen molar-refractivity contribution in [1.82, 2.24) is 10.3 Å². The van der Waals surface area contributed by atoms with Gasteiger partial charge in [0, 0.05) is 23.8 Å². The Labute approximate surface area is 98.6 Å². The number of nitrogens with zero attached hydrogens (tertiary/aromatic N) is 1.